The number of carboxylic acid groups (broad SMARTS) is 1. The second-order valence-corrected chi connectivity index (χ2v) is 4.36. The number of nitrogens with one attached hydrogen (secondary N) is 1. The minimum atomic E-state index is -1.05. The molecule has 0 fully saturated rings. The number of aryl methyl sites for hydroxylation is 1. The molecule has 0 unspecified atom stereocenters. The van der Waals surface area contributed by atoms with Crippen molar-refractivity contribution in [3.8, 4) is 0 Å². The van der Waals surface area contributed by atoms with E-state index in [1.807, 2.05) is 6.92 Å². The molecule has 1 aromatic rings. The van der Waals surface area contributed by atoms with E-state index in [4.69, 9.17) is 5.11 Å². The number of aliphatic hydroxyl groups excluding tert-OH is 2. The topological polar surface area (TPSA) is 89.8 Å². The monoisotopic (exact) mass is 239 g/mol. The highest BCUT2D eigenvalue weighted by molar-refractivity contribution is 5.94. The number of carbonyl (C=O) groups is 1. The summed E-state index contributed by atoms with van der Waals surface area (Å²) < 4.78 is 0. The molecule has 0 saturated carbocycles. The van der Waals surface area contributed by atoms with Gasteiger partial charge in [-0.3, -0.25) is 0 Å². The van der Waals surface area contributed by atoms with Crippen molar-refractivity contribution >= 4 is 11.7 Å². The first-order valence-corrected chi connectivity index (χ1v) is 5.26. The van der Waals surface area contributed by atoms with Gasteiger partial charge in [0.05, 0.1) is 24.3 Å². The molecular weight excluding hydrogens is 222 g/mol. The van der Waals surface area contributed by atoms with E-state index in [9.17, 15) is 15.0 Å². The van der Waals surface area contributed by atoms with Crippen LogP contribution < -0.4 is 5.32 Å². The Balaban J connectivity index is 3.12. The zero-order valence-electron chi connectivity index (χ0n) is 9.90. The van der Waals surface area contributed by atoms with Gasteiger partial charge in [-0.1, -0.05) is 6.07 Å². The van der Waals surface area contributed by atoms with Gasteiger partial charge >= 0.3 is 5.97 Å². The molecule has 0 saturated heterocycles. The van der Waals surface area contributed by atoms with Crippen LogP contribution in [0.1, 0.15) is 22.8 Å². The molecule has 0 aromatic heterocycles. The summed E-state index contributed by atoms with van der Waals surface area (Å²) in [5.41, 5.74) is 0.459. The van der Waals surface area contributed by atoms with Crippen molar-refractivity contribution in [3.05, 3.63) is 29.3 Å². The molecule has 0 spiro atoms. The standard InChI is InChI=1S/C12H17NO4/c1-8-3-4-9(11(16)17)10(5-8)13-12(2,6-14)7-15/h3-5,13-15H,6-7H2,1-2H3,(H,16,17). The predicted molar refractivity (Wildman–Crippen MR) is 64.3 cm³/mol. The summed E-state index contributed by atoms with van der Waals surface area (Å²) in [6, 6.07) is 4.87. The Kier molecular flexibility index (Phi) is 4.09. The summed E-state index contributed by atoms with van der Waals surface area (Å²) in [6.07, 6.45) is 0. The van der Waals surface area contributed by atoms with Gasteiger partial charge in [0.1, 0.15) is 0 Å². The maximum absolute atomic E-state index is 11.0. The lowest BCUT2D eigenvalue weighted by atomic mass is 10.0. The smallest absolute Gasteiger partial charge is 0.337 e. The van der Waals surface area contributed by atoms with E-state index in [0.717, 1.165) is 5.56 Å². The number of rotatable bonds is 5. The van der Waals surface area contributed by atoms with E-state index in [1.54, 1.807) is 19.1 Å². The minimum absolute atomic E-state index is 0.115. The van der Waals surface area contributed by atoms with Crippen LogP contribution in [0.4, 0.5) is 5.69 Å². The van der Waals surface area contributed by atoms with E-state index >= 15 is 0 Å². The van der Waals surface area contributed by atoms with Crippen LogP contribution in [-0.4, -0.2) is 40.0 Å². The van der Waals surface area contributed by atoms with Gasteiger partial charge in [-0.05, 0) is 31.5 Å². The molecule has 5 nitrogen and oxygen atoms in total. The second-order valence-electron chi connectivity index (χ2n) is 4.36. The van der Waals surface area contributed by atoms with Crippen LogP contribution in [0.5, 0.6) is 0 Å². The van der Waals surface area contributed by atoms with Crippen LogP contribution in [0, 0.1) is 6.92 Å². The van der Waals surface area contributed by atoms with Gasteiger partial charge < -0.3 is 20.6 Å². The Hall–Kier alpha value is -1.59. The summed E-state index contributed by atoms with van der Waals surface area (Å²) >= 11 is 0. The Morgan fingerprint density at radius 3 is 2.41 bits per heavy atom. The molecule has 17 heavy (non-hydrogen) atoms. The van der Waals surface area contributed by atoms with E-state index in [0.29, 0.717) is 5.69 Å². The highest BCUT2D eigenvalue weighted by Crippen LogP contribution is 2.21. The van der Waals surface area contributed by atoms with Gasteiger partial charge in [0.25, 0.3) is 0 Å². The van der Waals surface area contributed by atoms with E-state index in [-0.39, 0.29) is 18.8 Å². The normalized spacial score (nSPS) is 11.3. The van der Waals surface area contributed by atoms with Gasteiger partial charge in [0.15, 0.2) is 0 Å². The summed E-state index contributed by atoms with van der Waals surface area (Å²) in [6.45, 7) is 2.86. The van der Waals surface area contributed by atoms with Gasteiger partial charge in [0.2, 0.25) is 0 Å². The fourth-order valence-corrected chi connectivity index (χ4v) is 1.40. The van der Waals surface area contributed by atoms with Crippen LogP contribution in [-0.2, 0) is 0 Å². The highest BCUT2D eigenvalue weighted by atomic mass is 16.4. The lowest BCUT2D eigenvalue weighted by Gasteiger charge is -2.28. The van der Waals surface area contributed by atoms with Crippen molar-refractivity contribution in [2.75, 3.05) is 18.5 Å². The molecule has 94 valence electrons. The van der Waals surface area contributed by atoms with Gasteiger partial charge in [-0.2, -0.15) is 0 Å². The van der Waals surface area contributed by atoms with Crippen LogP contribution in [0.25, 0.3) is 0 Å². The van der Waals surface area contributed by atoms with Crippen molar-refractivity contribution < 1.29 is 20.1 Å². The molecular formula is C12H17NO4. The molecule has 0 aliphatic carbocycles. The first kappa shape index (κ1) is 13.5. The Labute approximate surface area is 99.7 Å². The van der Waals surface area contributed by atoms with Crippen LogP contribution in [0.2, 0.25) is 0 Å². The fraction of sp³-hybridized carbons (Fsp3) is 0.417. The first-order valence-electron chi connectivity index (χ1n) is 5.26. The molecule has 0 amide bonds. The molecule has 5 heteroatoms. The van der Waals surface area contributed by atoms with Crippen molar-refractivity contribution in [3.63, 3.8) is 0 Å². The quantitative estimate of drug-likeness (QED) is 0.611. The van der Waals surface area contributed by atoms with Gasteiger partial charge in [-0.15, -0.1) is 0 Å². The minimum Gasteiger partial charge on any atom is -0.478 e. The number of aliphatic hydroxyl groups is 2. The number of aromatic carboxylic acids is 1. The van der Waals surface area contributed by atoms with Crippen molar-refractivity contribution in [2.45, 2.75) is 19.4 Å². The highest BCUT2D eigenvalue weighted by Gasteiger charge is 2.24. The van der Waals surface area contributed by atoms with E-state index in [1.165, 1.54) is 6.07 Å². The Bertz CT molecular complexity index is 413. The van der Waals surface area contributed by atoms with Crippen molar-refractivity contribution in [2.24, 2.45) is 0 Å². The van der Waals surface area contributed by atoms with Crippen LogP contribution >= 0.6 is 0 Å². The van der Waals surface area contributed by atoms with Crippen LogP contribution in [0.15, 0.2) is 18.2 Å². The Morgan fingerprint density at radius 2 is 1.94 bits per heavy atom. The number of hydrogen-bond acceptors (Lipinski definition) is 4. The molecule has 0 radical (unpaired) electrons. The predicted octanol–water partition coefficient (Wildman–Crippen LogP) is 0.848. The molecule has 1 aromatic carbocycles. The molecule has 4 N–H and O–H groups in total. The molecule has 0 heterocycles. The summed E-state index contributed by atoms with van der Waals surface area (Å²) in [5, 5.41) is 30.2. The Morgan fingerprint density at radius 1 is 1.35 bits per heavy atom. The average Bonchev–Trinajstić information content (AvgIpc) is 2.28. The fourth-order valence-electron chi connectivity index (χ4n) is 1.40. The van der Waals surface area contributed by atoms with Crippen molar-refractivity contribution in [1.82, 2.24) is 0 Å². The SMILES string of the molecule is Cc1ccc(C(=O)O)c(NC(C)(CO)CO)c1. The zero-order chi connectivity index (χ0) is 13.1. The number of benzene rings is 1. The zero-order valence-corrected chi connectivity index (χ0v) is 9.90. The first-order chi connectivity index (χ1) is 7.91. The average molecular weight is 239 g/mol. The maximum atomic E-state index is 11.0. The molecule has 1 rings (SSSR count). The lowest BCUT2D eigenvalue weighted by Crippen LogP contribution is -2.43. The van der Waals surface area contributed by atoms with Gasteiger partial charge in [-0.25, -0.2) is 4.79 Å². The summed E-state index contributed by atoms with van der Waals surface area (Å²) in [5.74, 6) is -1.05. The third-order valence-electron chi connectivity index (χ3n) is 2.54. The van der Waals surface area contributed by atoms with E-state index < -0.39 is 11.5 Å². The second kappa shape index (κ2) is 5.16. The lowest BCUT2D eigenvalue weighted by molar-refractivity contribution is 0.0697. The third kappa shape index (κ3) is 3.18. The number of anilines is 1. The molecule has 0 atom stereocenters. The number of carboxylic acids is 1. The molecule has 0 bridgehead atoms. The molecule has 0 aliphatic rings. The van der Waals surface area contributed by atoms with Gasteiger partial charge in [0, 0.05) is 5.69 Å². The molecule has 0 aliphatic heterocycles. The van der Waals surface area contributed by atoms with Crippen LogP contribution in [0.3, 0.4) is 0 Å². The third-order valence-corrected chi connectivity index (χ3v) is 2.54. The maximum Gasteiger partial charge on any atom is 0.337 e. The largest absolute Gasteiger partial charge is 0.478 e. The van der Waals surface area contributed by atoms with E-state index in [2.05, 4.69) is 5.32 Å². The van der Waals surface area contributed by atoms with Crippen molar-refractivity contribution in [1.29, 1.82) is 0 Å². The number of hydrogen-bond donors (Lipinski definition) is 4. The summed E-state index contributed by atoms with van der Waals surface area (Å²) in [7, 11) is 0. The summed E-state index contributed by atoms with van der Waals surface area (Å²) in [4.78, 5) is 11.0.